The highest BCUT2D eigenvalue weighted by atomic mass is 15.3. The second-order valence-corrected chi connectivity index (χ2v) is 7.82. The van der Waals surface area contributed by atoms with Crippen molar-refractivity contribution in [3.8, 4) is 11.1 Å². The van der Waals surface area contributed by atoms with Crippen molar-refractivity contribution in [1.82, 2.24) is 29.7 Å². The largest absolute Gasteiger partial charge is 0.344 e. The molecule has 30 heavy (non-hydrogen) atoms. The molecule has 1 unspecified atom stereocenters. The molecule has 1 aliphatic heterocycles. The molecule has 4 heterocycles. The maximum atomic E-state index is 5.06. The molecule has 0 amide bonds. The number of nitrogens with zero attached hydrogens (tertiary/aromatic N) is 6. The lowest BCUT2D eigenvalue weighted by Gasteiger charge is -2.23. The lowest BCUT2D eigenvalue weighted by atomic mass is 9.96. The number of hydrogen-bond acceptors (Lipinski definition) is 6. The Morgan fingerprint density at radius 2 is 2.23 bits per heavy atom. The lowest BCUT2D eigenvalue weighted by Crippen LogP contribution is -2.29. The molecular formula is C22H30N8. The standard InChI is InChI=1S/C22H30N8/c1-5-18(9-15(2)23-3)27-21-10-20(16-7-6-8-24-11-16)28-22-19(13-26-30(21)22)17-12-25-29(4)14-17/h9-10,12-14,16,24,27H,5-8,11H2,1-4H3/b18-9+,23-15-. The summed E-state index contributed by atoms with van der Waals surface area (Å²) in [4.78, 5) is 9.32. The molecule has 8 nitrogen and oxygen atoms in total. The van der Waals surface area contributed by atoms with Crippen molar-refractivity contribution in [2.75, 3.05) is 25.5 Å². The Balaban J connectivity index is 1.83. The Labute approximate surface area is 177 Å². The highest BCUT2D eigenvalue weighted by Gasteiger charge is 2.21. The van der Waals surface area contributed by atoms with E-state index in [2.05, 4.69) is 44.9 Å². The molecule has 0 aromatic carbocycles. The summed E-state index contributed by atoms with van der Waals surface area (Å²) >= 11 is 0. The van der Waals surface area contributed by atoms with Crippen molar-refractivity contribution >= 4 is 17.2 Å². The van der Waals surface area contributed by atoms with Crippen molar-refractivity contribution < 1.29 is 0 Å². The summed E-state index contributed by atoms with van der Waals surface area (Å²) in [5, 5.41) is 16.1. The number of aryl methyl sites for hydroxylation is 1. The molecule has 1 aliphatic rings. The van der Waals surface area contributed by atoms with E-state index in [-0.39, 0.29) is 0 Å². The number of rotatable bonds is 6. The molecule has 1 fully saturated rings. The van der Waals surface area contributed by atoms with Gasteiger partial charge in [-0.3, -0.25) is 9.67 Å². The van der Waals surface area contributed by atoms with Gasteiger partial charge in [-0.15, -0.1) is 0 Å². The summed E-state index contributed by atoms with van der Waals surface area (Å²) in [5.74, 6) is 1.32. The zero-order chi connectivity index (χ0) is 21.1. The molecule has 0 spiro atoms. The third kappa shape index (κ3) is 4.14. The second-order valence-electron chi connectivity index (χ2n) is 7.82. The Bertz CT molecular complexity index is 1080. The summed E-state index contributed by atoms with van der Waals surface area (Å²) in [6.07, 6.45) is 11.0. The second kappa shape index (κ2) is 8.79. The van der Waals surface area contributed by atoms with Gasteiger partial charge in [-0.25, -0.2) is 4.98 Å². The number of aliphatic imine (C=N–C) groups is 1. The predicted molar refractivity (Wildman–Crippen MR) is 121 cm³/mol. The van der Waals surface area contributed by atoms with Crippen LogP contribution in [0.3, 0.4) is 0 Å². The van der Waals surface area contributed by atoms with Crippen molar-refractivity contribution in [2.45, 2.75) is 39.0 Å². The van der Waals surface area contributed by atoms with Crippen LogP contribution in [0.15, 0.2) is 41.4 Å². The molecule has 3 aromatic heterocycles. The molecule has 1 saturated heterocycles. The molecule has 0 bridgehead atoms. The first-order chi connectivity index (χ1) is 14.6. The predicted octanol–water partition coefficient (Wildman–Crippen LogP) is 3.39. The van der Waals surface area contributed by atoms with Crippen LogP contribution < -0.4 is 10.6 Å². The van der Waals surface area contributed by atoms with Gasteiger partial charge >= 0.3 is 0 Å². The number of piperidine rings is 1. The third-order valence-electron chi connectivity index (χ3n) is 5.63. The normalized spacial score (nSPS) is 18.2. The van der Waals surface area contributed by atoms with Crippen LogP contribution in [-0.4, -0.2) is 50.2 Å². The number of fused-ring (bicyclic) bond motifs is 1. The van der Waals surface area contributed by atoms with Gasteiger partial charge < -0.3 is 10.6 Å². The Morgan fingerprint density at radius 1 is 1.37 bits per heavy atom. The van der Waals surface area contributed by atoms with Crippen LogP contribution in [0.4, 0.5) is 5.82 Å². The molecule has 0 radical (unpaired) electrons. The van der Waals surface area contributed by atoms with Crippen LogP contribution >= 0.6 is 0 Å². The maximum Gasteiger partial charge on any atom is 0.165 e. The van der Waals surface area contributed by atoms with Gasteiger partial charge in [0.05, 0.1) is 18.1 Å². The summed E-state index contributed by atoms with van der Waals surface area (Å²) in [6, 6.07) is 2.15. The summed E-state index contributed by atoms with van der Waals surface area (Å²) in [7, 11) is 3.73. The highest BCUT2D eigenvalue weighted by Crippen LogP contribution is 2.30. The van der Waals surface area contributed by atoms with Gasteiger partial charge in [-0.2, -0.15) is 14.7 Å². The Morgan fingerprint density at radius 3 is 2.90 bits per heavy atom. The van der Waals surface area contributed by atoms with Gasteiger partial charge in [0, 0.05) is 61.4 Å². The van der Waals surface area contributed by atoms with Crippen molar-refractivity contribution in [2.24, 2.45) is 12.0 Å². The first kappa shape index (κ1) is 20.3. The van der Waals surface area contributed by atoms with Crippen LogP contribution in [0.2, 0.25) is 0 Å². The molecule has 2 N–H and O–H groups in total. The van der Waals surface area contributed by atoms with E-state index in [4.69, 9.17) is 4.98 Å². The molecule has 0 aliphatic carbocycles. The first-order valence-electron chi connectivity index (χ1n) is 10.6. The molecular weight excluding hydrogens is 376 g/mol. The molecule has 3 aromatic rings. The van der Waals surface area contributed by atoms with Crippen molar-refractivity contribution in [3.63, 3.8) is 0 Å². The van der Waals surface area contributed by atoms with Gasteiger partial charge in [0.2, 0.25) is 0 Å². The van der Waals surface area contributed by atoms with Gasteiger partial charge in [0.1, 0.15) is 5.82 Å². The van der Waals surface area contributed by atoms with Crippen LogP contribution in [-0.2, 0) is 7.05 Å². The maximum absolute atomic E-state index is 5.06. The fraction of sp³-hybridized carbons (Fsp3) is 0.455. The number of anilines is 1. The average Bonchev–Trinajstić information content (AvgIpc) is 3.39. The van der Waals surface area contributed by atoms with E-state index >= 15 is 0 Å². The van der Waals surface area contributed by atoms with Crippen LogP contribution in [0, 0.1) is 0 Å². The van der Waals surface area contributed by atoms with Crippen molar-refractivity contribution in [3.05, 3.63) is 42.1 Å². The summed E-state index contributed by atoms with van der Waals surface area (Å²) in [5.41, 5.74) is 6.04. The zero-order valence-electron chi connectivity index (χ0n) is 18.2. The van der Waals surface area contributed by atoms with Crippen LogP contribution in [0.1, 0.15) is 44.7 Å². The molecule has 8 heteroatoms. The highest BCUT2D eigenvalue weighted by molar-refractivity contribution is 5.93. The fourth-order valence-corrected chi connectivity index (χ4v) is 3.86. The van der Waals surface area contributed by atoms with E-state index in [9.17, 15) is 0 Å². The van der Waals surface area contributed by atoms with E-state index < -0.39 is 0 Å². The number of allylic oxidation sites excluding steroid dienone is 2. The number of aromatic nitrogens is 5. The van der Waals surface area contributed by atoms with Crippen LogP contribution in [0.25, 0.3) is 16.8 Å². The lowest BCUT2D eigenvalue weighted by molar-refractivity contribution is 0.455. The van der Waals surface area contributed by atoms with Gasteiger partial charge in [0.15, 0.2) is 5.65 Å². The minimum Gasteiger partial charge on any atom is -0.344 e. The van der Waals surface area contributed by atoms with E-state index in [1.807, 2.05) is 44.1 Å². The van der Waals surface area contributed by atoms with Gasteiger partial charge in [-0.1, -0.05) is 6.92 Å². The molecule has 4 rings (SSSR count). The molecule has 1 atom stereocenters. The monoisotopic (exact) mass is 406 g/mol. The van der Waals surface area contributed by atoms with Gasteiger partial charge in [0.25, 0.3) is 0 Å². The molecule has 0 saturated carbocycles. The first-order valence-corrected chi connectivity index (χ1v) is 10.6. The quantitative estimate of drug-likeness (QED) is 0.613. The molecule has 158 valence electrons. The van der Waals surface area contributed by atoms with E-state index in [1.54, 1.807) is 4.68 Å². The average molecular weight is 407 g/mol. The summed E-state index contributed by atoms with van der Waals surface area (Å²) in [6.45, 7) is 6.18. The minimum atomic E-state index is 0.397. The smallest absolute Gasteiger partial charge is 0.165 e. The van der Waals surface area contributed by atoms with E-state index in [0.29, 0.717) is 5.92 Å². The zero-order valence-corrected chi connectivity index (χ0v) is 18.2. The van der Waals surface area contributed by atoms with Crippen LogP contribution in [0.5, 0.6) is 0 Å². The number of hydrogen-bond donors (Lipinski definition) is 2. The minimum absolute atomic E-state index is 0.397. The Hall–Kier alpha value is -3.00. The van der Waals surface area contributed by atoms with E-state index in [1.165, 1.54) is 6.42 Å². The topological polar surface area (TPSA) is 84.4 Å². The van der Waals surface area contributed by atoms with Crippen molar-refractivity contribution in [1.29, 1.82) is 0 Å². The number of nitrogens with one attached hydrogen (secondary N) is 2. The van der Waals surface area contributed by atoms with E-state index in [0.717, 1.165) is 65.6 Å². The third-order valence-corrected chi connectivity index (χ3v) is 5.63. The van der Waals surface area contributed by atoms with Gasteiger partial charge in [-0.05, 0) is 38.8 Å². The Kier molecular flexibility index (Phi) is 5.94. The summed E-state index contributed by atoms with van der Waals surface area (Å²) < 4.78 is 3.70. The fourth-order valence-electron chi connectivity index (χ4n) is 3.86. The SMILES string of the molecule is CC/C(=C\C(C)=N/C)Nc1cc(C2CCCNC2)nc2c(-c3cnn(C)c3)cnn12.